The molecule has 0 saturated carbocycles. The highest BCUT2D eigenvalue weighted by Crippen LogP contribution is 2.45. The summed E-state index contributed by atoms with van der Waals surface area (Å²) in [6.07, 6.45) is 58.4. The van der Waals surface area contributed by atoms with Crippen molar-refractivity contribution >= 4 is 39.5 Å². The first-order valence-corrected chi connectivity index (χ1v) is 44.4. The van der Waals surface area contributed by atoms with E-state index in [-0.39, 0.29) is 25.7 Å². The van der Waals surface area contributed by atoms with Crippen molar-refractivity contribution < 1.29 is 80.2 Å². The molecule has 4 unspecified atom stereocenters. The van der Waals surface area contributed by atoms with Gasteiger partial charge in [-0.1, -0.05) is 363 Å². The van der Waals surface area contributed by atoms with Crippen LogP contribution >= 0.6 is 15.6 Å². The Balaban J connectivity index is 5.18. The minimum Gasteiger partial charge on any atom is -0.462 e. The normalized spacial score (nSPS) is 14.5. The Labute approximate surface area is 607 Å². The van der Waals surface area contributed by atoms with Gasteiger partial charge in [0.25, 0.3) is 0 Å². The molecule has 7 atom stereocenters. The molecule has 0 aromatic rings. The van der Waals surface area contributed by atoms with Crippen LogP contribution in [0.1, 0.15) is 414 Å². The van der Waals surface area contributed by atoms with Gasteiger partial charge in [-0.2, -0.15) is 0 Å². The summed E-state index contributed by atoms with van der Waals surface area (Å²) in [5.41, 5.74) is 0. The standard InChI is InChI=1S/C80H156O17P2/c1-8-11-12-13-14-32-39-47-54-61-77(82)90-68-76(97-80(85)64-57-50-43-42-46-53-60-73(7)10-3)70-95-99(88,89)93-66-74(81)65-92-98(86,87)94-69-75(67-91-78(83)62-55-48-40-35-30-26-23-19-20-24-28-33-37-44-51-58-71(4)5)96-79(84)63-56-49-41-36-31-27-22-18-16-15-17-21-25-29-34-38-45-52-59-72(6)9-2/h71-76,81H,8-70H2,1-7H3,(H,86,87)(H,88,89)/t72?,73?,74-,75-,76-/m1/s1. The molecule has 588 valence electrons. The van der Waals surface area contributed by atoms with Crippen molar-refractivity contribution in [2.24, 2.45) is 17.8 Å². The molecule has 0 aliphatic carbocycles. The third-order valence-corrected chi connectivity index (χ3v) is 21.3. The monoisotopic (exact) mass is 1450 g/mol. The molecule has 0 aromatic heterocycles. The van der Waals surface area contributed by atoms with Crippen molar-refractivity contribution in [2.75, 3.05) is 39.6 Å². The second-order valence-electron chi connectivity index (χ2n) is 29.8. The number of ether oxygens (including phenoxy) is 4. The van der Waals surface area contributed by atoms with Gasteiger partial charge in [-0.25, -0.2) is 9.13 Å². The number of aliphatic hydroxyl groups excluding tert-OH is 1. The molecule has 0 amide bonds. The van der Waals surface area contributed by atoms with E-state index in [1.54, 1.807) is 0 Å². The van der Waals surface area contributed by atoms with Crippen LogP contribution in [0.2, 0.25) is 0 Å². The first kappa shape index (κ1) is 97.1. The Morgan fingerprint density at radius 3 is 0.768 bits per heavy atom. The van der Waals surface area contributed by atoms with E-state index in [0.29, 0.717) is 25.7 Å². The molecule has 0 aromatic carbocycles. The van der Waals surface area contributed by atoms with Gasteiger partial charge in [-0.05, 0) is 43.4 Å². The number of esters is 4. The number of rotatable bonds is 78. The predicted molar refractivity (Wildman–Crippen MR) is 405 cm³/mol. The third-order valence-electron chi connectivity index (χ3n) is 19.4. The maximum absolute atomic E-state index is 13.1. The molecule has 0 rings (SSSR count). The Hall–Kier alpha value is -1.94. The van der Waals surface area contributed by atoms with Crippen LogP contribution < -0.4 is 0 Å². The van der Waals surface area contributed by atoms with Crippen LogP contribution in [0.5, 0.6) is 0 Å². The summed E-state index contributed by atoms with van der Waals surface area (Å²) >= 11 is 0. The summed E-state index contributed by atoms with van der Waals surface area (Å²) in [7, 11) is -9.91. The van der Waals surface area contributed by atoms with Crippen LogP contribution in [0, 0.1) is 17.8 Å². The molecule has 0 aliphatic rings. The molecule has 0 aliphatic heterocycles. The van der Waals surface area contributed by atoms with E-state index >= 15 is 0 Å². The fraction of sp³-hybridized carbons (Fsp3) is 0.950. The van der Waals surface area contributed by atoms with Crippen molar-refractivity contribution in [2.45, 2.75) is 433 Å². The molecule has 0 fully saturated rings. The topological polar surface area (TPSA) is 237 Å². The number of phosphoric acid groups is 2. The average Bonchev–Trinajstić information content (AvgIpc) is 1.07. The average molecular weight is 1450 g/mol. The van der Waals surface area contributed by atoms with Gasteiger partial charge in [-0.3, -0.25) is 37.3 Å². The quantitative estimate of drug-likeness (QED) is 0.0222. The summed E-state index contributed by atoms with van der Waals surface area (Å²) in [5, 5.41) is 10.6. The number of carbonyl (C=O) groups excluding carboxylic acids is 4. The fourth-order valence-corrected chi connectivity index (χ4v) is 13.8. The van der Waals surface area contributed by atoms with Gasteiger partial charge in [-0.15, -0.1) is 0 Å². The maximum Gasteiger partial charge on any atom is 0.472 e. The molecule has 19 heteroatoms. The maximum atomic E-state index is 13.1. The molecule has 0 bridgehead atoms. The molecule has 0 radical (unpaired) electrons. The van der Waals surface area contributed by atoms with Gasteiger partial charge >= 0.3 is 39.5 Å². The number of unbranched alkanes of at least 4 members (excludes halogenated alkanes) is 44. The van der Waals surface area contributed by atoms with E-state index in [9.17, 15) is 43.2 Å². The highest BCUT2D eigenvalue weighted by molar-refractivity contribution is 7.47. The van der Waals surface area contributed by atoms with Crippen molar-refractivity contribution in [3.05, 3.63) is 0 Å². The van der Waals surface area contributed by atoms with E-state index < -0.39 is 97.5 Å². The number of hydrogen-bond donors (Lipinski definition) is 3. The van der Waals surface area contributed by atoms with E-state index in [0.717, 1.165) is 108 Å². The molecule has 99 heavy (non-hydrogen) atoms. The fourth-order valence-electron chi connectivity index (χ4n) is 12.2. The minimum atomic E-state index is -4.96. The molecular weight excluding hydrogens is 1290 g/mol. The van der Waals surface area contributed by atoms with Crippen molar-refractivity contribution in [1.29, 1.82) is 0 Å². The summed E-state index contributed by atoms with van der Waals surface area (Å²) < 4.78 is 68.6. The first-order valence-electron chi connectivity index (χ1n) is 41.4. The predicted octanol–water partition coefficient (Wildman–Crippen LogP) is 23.7. The number of phosphoric ester groups is 2. The Kier molecular flexibility index (Phi) is 69.0. The van der Waals surface area contributed by atoms with Crippen LogP contribution in [0.25, 0.3) is 0 Å². The van der Waals surface area contributed by atoms with Crippen LogP contribution in [-0.2, 0) is 65.4 Å². The molecule has 17 nitrogen and oxygen atoms in total. The highest BCUT2D eigenvalue weighted by Gasteiger charge is 2.30. The lowest BCUT2D eigenvalue weighted by Crippen LogP contribution is -2.30. The number of carbonyl (C=O) groups is 4. The van der Waals surface area contributed by atoms with Crippen LogP contribution in [0.15, 0.2) is 0 Å². The molecular formula is C80H156O17P2. The summed E-state index contributed by atoms with van der Waals surface area (Å²) in [6, 6.07) is 0. The lowest BCUT2D eigenvalue weighted by molar-refractivity contribution is -0.161. The second-order valence-corrected chi connectivity index (χ2v) is 32.7. The highest BCUT2D eigenvalue weighted by atomic mass is 31.2. The largest absolute Gasteiger partial charge is 0.472 e. The van der Waals surface area contributed by atoms with Crippen molar-refractivity contribution in [1.82, 2.24) is 0 Å². The lowest BCUT2D eigenvalue weighted by Gasteiger charge is -2.21. The summed E-state index contributed by atoms with van der Waals surface area (Å²) in [5.74, 6) is 0.280. The van der Waals surface area contributed by atoms with Gasteiger partial charge in [0.1, 0.15) is 19.3 Å². The summed E-state index contributed by atoms with van der Waals surface area (Å²) in [6.45, 7) is 12.0. The number of aliphatic hydroxyl groups is 1. The minimum absolute atomic E-state index is 0.103. The Morgan fingerprint density at radius 1 is 0.293 bits per heavy atom. The SMILES string of the molecule is CCCCCCCCCCCC(=O)OC[C@H](COP(=O)(O)OC[C@H](O)COP(=O)(O)OC[C@@H](COC(=O)CCCCCCCCCCCCCCCCCC(C)C)OC(=O)CCCCCCCCCCCCCCCCCCCCC(C)CC)OC(=O)CCCCCCCCC(C)CC. The first-order chi connectivity index (χ1) is 47.8. The zero-order valence-electron chi connectivity index (χ0n) is 65.0. The molecule has 0 saturated heterocycles. The van der Waals surface area contributed by atoms with Crippen molar-refractivity contribution in [3.8, 4) is 0 Å². The smallest absolute Gasteiger partial charge is 0.462 e. The Morgan fingerprint density at radius 2 is 0.515 bits per heavy atom. The van der Waals surface area contributed by atoms with E-state index in [4.69, 9.17) is 37.0 Å². The summed E-state index contributed by atoms with van der Waals surface area (Å²) in [4.78, 5) is 72.8. The zero-order chi connectivity index (χ0) is 73.0. The van der Waals surface area contributed by atoms with Gasteiger partial charge in [0.15, 0.2) is 12.2 Å². The van der Waals surface area contributed by atoms with Crippen LogP contribution in [0.4, 0.5) is 0 Å². The molecule has 0 spiro atoms. The van der Waals surface area contributed by atoms with Crippen LogP contribution in [-0.4, -0.2) is 96.7 Å². The van der Waals surface area contributed by atoms with E-state index in [1.165, 1.54) is 225 Å². The molecule has 0 heterocycles. The Bertz CT molecular complexity index is 1930. The number of hydrogen-bond acceptors (Lipinski definition) is 15. The van der Waals surface area contributed by atoms with Gasteiger partial charge in [0, 0.05) is 25.7 Å². The van der Waals surface area contributed by atoms with Crippen molar-refractivity contribution in [3.63, 3.8) is 0 Å². The van der Waals surface area contributed by atoms with E-state index in [2.05, 4.69) is 48.5 Å². The van der Waals surface area contributed by atoms with Gasteiger partial charge < -0.3 is 33.8 Å². The second kappa shape index (κ2) is 70.4. The zero-order valence-corrected chi connectivity index (χ0v) is 66.8. The lowest BCUT2D eigenvalue weighted by atomic mass is 9.99. The van der Waals surface area contributed by atoms with Gasteiger partial charge in [0.05, 0.1) is 26.4 Å². The van der Waals surface area contributed by atoms with E-state index in [1.807, 2.05) is 0 Å². The van der Waals surface area contributed by atoms with Crippen LogP contribution in [0.3, 0.4) is 0 Å². The third kappa shape index (κ3) is 71.5. The van der Waals surface area contributed by atoms with Gasteiger partial charge in [0.2, 0.25) is 0 Å². The molecule has 3 N–H and O–H groups in total.